The summed E-state index contributed by atoms with van der Waals surface area (Å²) >= 11 is 0. The quantitative estimate of drug-likeness (QED) is 0.759. The number of nitrogens with zero attached hydrogens (tertiary/aromatic N) is 2. The summed E-state index contributed by atoms with van der Waals surface area (Å²) in [6.07, 6.45) is 5.29. The molecule has 1 aliphatic carbocycles. The van der Waals surface area contributed by atoms with E-state index in [0.717, 1.165) is 12.8 Å². The molecular weight excluding hydrogens is 216 g/mol. The largest absolute Gasteiger partial charge is 0.384 e. The number of carbonyl (C=O) groups excluding carboxylic acids is 1. The first-order chi connectivity index (χ1) is 8.22. The molecule has 0 unspecified atom stereocenters. The van der Waals surface area contributed by atoms with Crippen LogP contribution in [0.4, 0.5) is 0 Å². The summed E-state index contributed by atoms with van der Waals surface area (Å²) in [5, 5.41) is 8.61. The molecule has 0 atom stereocenters. The summed E-state index contributed by atoms with van der Waals surface area (Å²) in [7, 11) is 1.81. The second-order valence-electron chi connectivity index (χ2n) is 4.07. The maximum Gasteiger partial charge on any atom is 0.255 e. The highest BCUT2D eigenvalue weighted by Crippen LogP contribution is 2.26. The average molecular weight is 230 g/mol. The summed E-state index contributed by atoms with van der Waals surface area (Å²) in [5.41, 5.74) is 1.19. The van der Waals surface area contributed by atoms with Crippen molar-refractivity contribution in [3.8, 4) is 11.8 Å². The standard InChI is InChI=1S/C13H14N2O2/c1-15(12-4-5-12)13(17)11-7-10(3-2-6-16)8-14-9-11/h7-9,12,16H,4-6H2,1H3. The molecule has 1 fully saturated rings. The van der Waals surface area contributed by atoms with Crippen molar-refractivity contribution in [2.75, 3.05) is 13.7 Å². The van der Waals surface area contributed by atoms with Crippen LogP contribution in [0.2, 0.25) is 0 Å². The number of pyridine rings is 1. The fraction of sp³-hybridized carbons (Fsp3) is 0.385. The number of carbonyl (C=O) groups is 1. The first kappa shape index (κ1) is 11.6. The maximum atomic E-state index is 12.0. The van der Waals surface area contributed by atoms with Crippen LogP contribution >= 0.6 is 0 Å². The van der Waals surface area contributed by atoms with E-state index in [2.05, 4.69) is 16.8 Å². The molecular formula is C13H14N2O2. The highest BCUT2D eigenvalue weighted by Gasteiger charge is 2.30. The van der Waals surface area contributed by atoms with Gasteiger partial charge in [-0.15, -0.1) is 0 Å². The van der Waals surface area contributed by atoms with E-state index in [9.17, 15) is 4.79 Å². The van der Waals surface area contributed by atoms with Crippen molar-refractivity contribution in [1.29, 1.82) is 0 Å². The Hall–Kier alpha value is -1.86. The first-order valence-electron chi connectivity index (χ1n) is 5.54. The number of aliphatic hydroxyl groups excluding tert-OH is 1. The molecule has 0 aliphatic heterocycles. The van der Waals surface area contributed by atoms with Gasteiger partial charge >= 0.3 is 0 Å². The van der Waals surface area contributed by atoms with E-state index in [-0.39, 0.29) is 12.5 Å². The molecule has 0 bridgehead atoms. The number of amides is 1. The second kappa shape index (κ2) is 4.98. The van der Waals surface area contributed by atoms with Gasteiger partial charge in [-0.1, -0.05) is 11.8 Å². The van der Waals surface area contributed by atoms with Crippen LogP contribution in [0.25, 0.3) is 0 Å². The lowest BCUT2D eigenvalue weighted by atomic mass is 10.2. The van der Waals surface area contributed by atoms with Gasteiger partial charge in [0.15, 0.2) is 0 Å². The van der Waals surface area contributed by atoms with E-state index in [1.54, 1.807) is 23.4 Å². The molecule has 0 aromatic carbocycles. The van der Waals surface area contributed by atoms with Crippen molar-refractivity contribution in [1.82, 2.24) is 9.88 Å². The van der Waals surface area contributed by atoms with Crippen molar-refractivity contribution in [2.24, 2.45) is 0 Å². The van der Waals surface area contributed by atoms with E-state index in [1.165, 1.54) is 0 Å². The molecule has 2 rings (SSSR count). The molecule has 0 radical (unpaired) electrons. The molecule has 1 saturated carbocycles. The van der Waals surface area contributed by atoms with Crippen LogP contribution in [0.1, 0.15) is 28.8 Å². The molecule has 1 N–H and O–H groups in total. The summed E-state index contributed by atoms with van der Waals surface area (Å²) in [5.74, 6) is 5.26. The lowest BCUT2D eigenvalue weighted by molar-refractivity contribution is 0.0784. The van der Waals surface area contributed by atoms with E-state index in [0.29, 0.717) is 17.2 Å². The van der Waals surface area contributed by atoms with Crippen LogP contribution in [0.15, 0.2) is 18.5 Å². The average Bonchev–Trinajstić information content (AvgIpc) is 3.19. The highest BCUT2D eigenvalue weighted by molar-refractivity contribution is 5.94. The third-order valence-electron chi connectivity index (χ3n) is 2.71. The predicted octanol–water partition coefficient (Wildman–Crippen LogP) is 0.660. The molecule has 88 valence electrons. The van der Waals surface area contributed by atoms with Crippen LogP contribution in [0.3, 0.4) is 0 Å². The molecule has 0 saturated heterocycles. The first-order valence-corrected chi connectivity index (χ1v) is 5.54. The molecule has 1 aliphatic rings. The summed E-state index contributed by atoms with van der Waals surface area (Å²) in [6, 6.07) is 2.09. The Bertz CT molecular complexity index is 484. The molecule has 1 heterocycles. The third-order valence-corrected chi connectivity index (χ3v) is 2.71. The second-order valence-corrected chi connectivity index (χ2v) is 4.07. The lowest BCUT2D eigenvalue weighted by Gasteiger charge is -2.15. The van der Waals surface area contributed by atoms with E-state index in [4.69, 9.17) is 5.11 Å². The zero-order valence-electron chi connectivity index (χ0n) is 9.68. The Kier molecular flexibility index (Phi) is 3.40. The van der Waals surface area contributed by atoms with Gasteiger partial charge in [-0.25, -0.2) is 0 Å². The van der Waals surface area contributed by atoms with Crippen molar-refractivity contribution in [3.05, 3.63) is 29.6 Å². The number of hydrogen-bond acceptors (Lipinski definition) is 3. The Morgan fingerprint density at radius 2 is 2.35 bits per heavy atom. The monoisotopic (exact) mass is 230 g/mol. The normalized spacial score (nSPS) is 13.8. The highest BCUT2D eigenvalue weighted by atomic mass is 16.2. The van der Waals surface area contributed by atoms with Gasteiger partial charge in [0.1, 0.15) is 6.61 Å². The minimum Gasteiger partial charge on any atom is -0.384 e. The van der Waals surface area contributed by atoms with E-state index in [1.807, 2.05) is 7.05 Å². The number of aliphatic hydroxyl groups is 1. The van der Waals surface area contributed by atoms with E-state index >= 15 is 0 Å². The Labute approximate surface area is 100 Å². The zero-order valence-corrected chi connectivity index (χ0v) is 9.68. The van der Waals surface area contributed by atoms with Gasteiger partial charge in [-0.2, -0.15) is 0 Å². The SMILES string of the molecule is CN(C(=O)c1cncc(C#CCO)c1)C1CC1. The van der Waals surface area contributed by atoms with Crippen LogP contribution in [0.5, 0.6) is 0 Å². The fourth-order valence-corrected chi connectivity index (χ4v) is 1.60. The maximum absolute atomic E-state index is 12.0. The topological polar surface area (TPSA) is 53.4 Å². The third kappa shape index (κ3) is 2.83. The molecule has 1 aromatic heterocycles. The van der Waals surface area contributed by atoms with Gasteiger partial charge in [0.2, 0.25) is 0 Å². The number of aromatic nitrogens is 1. The molecule has 4 nitrogen and oxygen atoms in total. The predicted molar refractivity (Wildman–Crippen MR) is 63.3 cm³/mol. The summed E-state index contributed by atoms with van der Waals surface area (Å²) < 4.78 is 0. The minimum absolute atomic E-state index is 0.0207. The van der Waals surface area contributed by atoms with Crippen LogP contribution in [0, 0.1) is 11.8 Å². The van der Waals surface area contributed by atoms with E-state index < -0.39 is 0 Å². The molecule has 17 heavy (non-hydrogen) atoms. The van der Waals surface area contributed by atoms with Gasteiger partial charge in [0.25, 0.3) is 5.91 Å². The van der Waals surface area contributed by atoms with Crippen molar-refractivity contribution < 1.29 is 9.90 Å². The van der Waals surface area contributed by atoms with Crippen molar-refractivity contribution in [3.63, 3.8) is 0 Å². The molecule has 4 heteroatoms. The molecule has 1 amide bonds. The Morgan fingerprint density at radius 1 is 1.59 bits per heavy atom. The van der Waals surface area contributed by atoms with Gasteiger partial charge < -0.3 is 10.0 Å². The van der Waals surface area contributed by atoms with Crippen LogP contribution in [-0.2, 0) is 0 Å². The molecule has 0 spiro atoms. The van der Waals surface area contributed by atoms with Gasteiger partial charge in [-0.3, -0.25) is 9.78 Å². The zero-order chi connectivity index (χ0) is 12.3. The summed E-state index contributed by atoms with van der Waals surface area (Å²) in [4.78, 5) is 17.8. The smallest absolute Gasteiger partial charge is 0.255 e. The Morgan fingerprint density at radius 3 is 3.00 bits per heavy atom. The van der Waals surface area contributed by atoms with Crippen LogP contribution in [-0.4, -0.2) is 40.6 Å². The van der Waals surface area contributed by atoms with Gasteiger partial charge in [0, 0.05) is 31.0 Å². The number of rotatable bonds is 2. The minimum atomic E-state index is -0.194. The van der Waals surface area contributed by atoms with Crippen LogP contribution < -0.4 is 0 Å². The van der Waals surface area contributed by atoms with Crippen molar-refractivity contribution >= 4 is 5.91 Å². The lowest BCUT2D eigenvalue weighted by Crippen LogP contribution is -2.28. The number of hydrogen-bond donors (Lipinski definition) is 1. The van der Waals surface area contributed by atoms with Crippen molar-refractivity contribution in [2.45, 2.75) is 18.9 Å². The Balaban J connectivity index is 2.17. The van der Waals surface area contributed by atoms with Gasteiger partial charge in [0.05, 0.1) is 5.56 Å². The fourth-order valence-electron chi connectivity index (χ4n) is 1.60. The summed E-state index contributed by atoms with van der Waals surface area (Å²) in [6.45, 7) is -0.194. The van der Waals surface area contributed by atoms with Gasteiger partial charge in [-0.05, 0) is 18.9 Å². The molecule has 1 aromatic rings.